The van der Waals surface area contributed by atoms with E-state index in [2.05, 4.69) is 10.2 Å². The van der Waals surface area contributed by atoms with Gasteiger partial charge in [0.15, 0.2) is 0 Å². The fourth-order valence-corrected chi connectivity index (χ4v) is 2.34. The van der Waals surface area contributed by atoms with Crippen molar-refractivity contribution in [2.75, 3.05) is 12.5 Å². The third kappa shape index (κ3) is 4.70. The van der Waals surface area contributed by atoms with Crippen molar-refractivity contribution < 1.29 is 31.9 Å². The normalized spacial score (nSPS) is 13.4. The second-order valence-corrected chi connectivity index (χ2v) is 5.90. The number of halogens is 5. The molecule has 2 rings (SSSR count). The minimum atomic E-state index is -5.34. The summed E-state index contributed by atoms with van der Waals surface area (Å²) in [6, 6.07) is 9.52. The summed E-state index contributed by atoms with van der Waals surface area (Å²) in [4.78, 5) is 24.3. The van der Waals surface area contributed by atoms with Crippen LogP contribution in [0.25, 0.3) is 0 Å². The summed E-state index contributed by atoms with van der Waals surface area (Å²) >= 11 is 5.77. The summed E-state index contributed by atoms with van der Waals surface area (Å²) in [6.07, 6.45) is -5.34. The van der Waals surface area contributed by atoms with Gasteiger partial charge in [-0.05, 0) is 36.4 Å². The van der Waals surface area contributed by atoms with Gasteiger partial charge in [-0.15, -0.1) is 0 Å². The Morgan fingerprint density at radius 1 is 1.07 bits per heavy atom. The number of rotatable bonds is 6. The first-order valence-corrected chi connectivity index (χ1v) is 7.99. The van der Waals surface area contributed by atoms with Crippen LogP contribution >= 0.6 is 11.6 Å². The largest absolute Gasteiger partial charge is 0.466 e. The Balaban J connectivity index is 2.39. The molecule has 3 N–H and O–H groups in total. The van der Waals surface area contributed by atoms with E-state index in [1.807, 2.05) is 0 Å². The van der Waals surface area contributed by atoms with Crippen LogP contribution in [0.5, 0.6) is 0 Å². The number of benzene rings is 2. The molecule has 11 heteroatoms. The van der Waals surface area contributed by atoms with E-state index in [9.17, 15) is 27.2 Å². The minimum Gasteiger partial charge on any atom is -0.466 e. The molecule has 0 heterocycles. The number of anilines is 1. The van der Waals surface area contributed by atoms with Gasteiger partial charge in [0.1, 0.15) is 5.82 Å². The molecule has 0 radical (unpaired) electrons. The highest BCUT2D eigenvalue weighted by Gasteiger charge is 2.63. The molecule has 0 saturated heterocycles. The second kappa shape index (κ2) is 8.44. The first-order valence-electron chi connectivity index (χ1n) is 7.61. The summed E-state index contributed by atoms with van der Waals surface area (Å²) in [5, 5.41) is 1.75. The number of ether oxygens (including phenoxy) is 1. The zero-order valence-corrected chi connectivity index (χ0v) is 15.0. The fourth-order valence-electron chi connectivity index (χ4n) is 2.15. The predicted molar refractivity (Wildman–Crippen MR) is 92.9 cm³/mol. The third-order valence-electron chi connectivity index (χ3n) is 3.52. The molecular weight excluding hydrogens is 406 g/mol. The maximum atomic E-state index is 13.8. The van der Waals surface area contributed by atoms with E-state index < -0.39 is 35.1 Å². The molecule has 0 fully saturated rings. The van der Waals surface area contributed by atoms with E-state index in [4.69, 9.17) is 11.6 Å². The summed E-state index contributed by atoms with van der Waals surface area (Å²) < 4.78 is 59.0. The van der Waals surface area contributed by atoms with Crippen LogP contribution in [0.15, 0.2) is 48.5 Å². The molecule has 1 amide bonds. The Labute approximate surface area is 161 Å². The minimum absolute atomic E-state index is 0.0741. The van der Waals surface area contributed by atoms with Gasteiger partial charge in [0.05, 0.1) is 12.8 Å². The Hall–Kier alpha value is -2.85. The lowest BCUT2D eigenvalue weighted by molar-refractivity contribution is -0.215. The molecule has 28 heavy (non-hydrogen) atoms. The molecule has 6 nitrogen and oxygen atoms in total. The number of hydrogen-bond acceptors (Lipinski definition) is 5. The molecule has 0 bridgehead atoms. The van der Waals surface area contributed by atoms with Crippen LogP contribution in [0.1, 0.15) is 10.4 Å². The van der Waals surface area contributed by atoms with Crippen molar-refractivity contribution in [2.45, 2.75) is 11.8 Å². The van der Waals surface area contributed by atoms with E-state index in [1.165, 1.54) is 29.6 Å². The van der Waals surface area contributed by atoms with Crippen LogP contribution < -0.4 is 16.2 Å². The maximum Gasteiger partial charge on any atom is 0.438 e. The van der Waals surface area contributed by atoms with Crippen LogP contribution in [0.3, 0.4) is 0 Å². The van der Waals surface area contributed by atoms with Crippen LogP contribution in [0.2, 0.25) is 5.02 Å². The number of alkyl halides is 3. The van der Waals surface area contributed by atoms with Crippen LogP contribution in [-0.2, 0) is 9.53 Å². The van der Waals surface area contributed by atoms with Gasteiger partial charge in [-0.1, -0.05) is 23.7 Å². The van der Waals surface area contributed by atoms with Crippen molar-refractivity contribution in [1.82, 2.24) is 10.7 Å². The smallest absolute Gasteiger partial charge is 0.438 e. The lowest BCUT2D eigenvalue weighted by atomic mass is 10.1. The topological polar surface area (TPSA) is 79.5 Å². The van der Waals surface area contributed by atoms with E-state index in [1.54, 1.807) is 5.43 Å². The average Bonchev–Trinajstić information content (AvgIpc) is 2.63. The quantitative estimate of drug-likeness (QED) is 0.290. The summed E-state index contributed by atoms with van der Waals surface area (Å²) in [5.41, 5.74) is -0.107. The van der Waals surface area contributed by atoms with E-state index >= 15 is 0 Å². The summed E-state index contributed by atoms with van der Waals surface area (Å²) in [6.45, 7) is 0. The number of esters is 1. The van der Waals surface area contributed by atoms with Gasteiger partial charge in [-0.2, -0.15) is 18.6 Å². The Morgan fingerprint density at radius 2 is 1.75 bits per heavy atom. The molecule has 1 atom stereocenters. The van der Waals surface area contributed by atoms with Gasteiger partial charge < -0.3 is 15.5 Å². The summed E-state index contributed by atoms with van der Waals surface area (Å²) in [5.74, 6) is -4.05. The van der Waals surface area contributed by atoms with Crippen LogP contribution in [0.4, 0.5) is 23.2 Å². The van der Waals surface area contributed by atoms with E-state index in [-0.39, 0.29) is 10.7 Å². The highest BCUT2D eigenvalue weighted by molar-refractivity contribution is 6.30. The van der Waals surface area contributed by atoms with Crippen molar-refractivity contribution in [3.8, 4) is 0 Å². The van der Waals surface area contributed by atoms with E-state index in [0.29, 0.717) is 0 Å². The van der Waals surface area contributed by atoms with Crippen molar-refractivity contribution in [2.24, 2.45) is 0 Å². The van der Waals surface area contributed by atoms with Crippen molar-refractivity contribution in [1.29, 1.82) is 0 Å². The van der Waals surface area contributed by atoms with Gasteiger partial charge in [0.25, 0.3) is 5.91 Å². The lowest BCUT2D eigenvalue weighted by Crippen LogP contribution is -2.73. The Kier molecular flexibility index (Phi) is 6.47. The van der Waals surface area contributed by atoms with E-state index in [0.717, 1.165) is 31.4 Å². The van der Waals surface area contributed by atoms with Gasteiger partial charge in [-0.25, -0.2) is 9.18 Å². The van der Waals surface area contributed by atoms with Crippen molar-refractivity contribution >= 4 is 29.2 Å². The number of amides is 1. The molecule has 2 aromatic carbocycles. The number of carbonyl (C=O) groups is 2. The first kappa shape index (κ1) is 21.5. The molecule has 0 unspecified atom stereocenters. The molecule has 0 aliphatic heterocycles. The van der Waals surface area contributed by atoms with Gasteiger partial charge in [-0.3, -0.25) is 4.79 Å². The Bertz CT molecular complexity index is 879. The zero-order valence-electron chi connectivity index (χ0n) is 14.2. The van der Waals surface area contributed by atoms with Crippen LogP contribution in [-0.4, -0.2) is 30.8 Å². The predicted octanol–water partition coefficient (Wildman–Crippen LogP) is 3.26. The van der Waals surface area contributed by atoms with Crippen molar-refractivity contribution in [3.63, 3.8) is 0 Å². The second-order valence-electron chi connectivity index (χ2n) is 5.46. The summed E-state index contributed by atoms with van der Waals surface area (Å²) in [7, 11) is 0.720. The molecule has 0 aliphatic carbocycles. The SMILES string of the molecule is COC(=O)[C@@](NNc1cccc(Cl)c1)(NC(=O)c1cccc(F)c1)C(F)(F)F. The number of hydrazine groups is 1. The Morgan fingerprint density at radius 3 is 2.32 bits per heavy atom. The van der Waals surface area contributed by atoms with Gasteiger partial charge >= 0.3 is 17.8 Å². The molecule has 0 saturated carbocycles. The number of nitrogens with one attached hydrogen (secondary N) is 3. The van der Waals surface area contributed by atoms with Crippen molar-refractivity contribution in [3.05, 3.63) is 64.9 Å². The molecule has 0 aromatic heterocycles. The molecular formula is C17H14ClF4N3O3. The van der Waals surface area contributed by atoms with Gasteiger partial charge in [0, 0.05) is 10.6 Å². The highest BCUT2D eigenvalue weighted by Crippen LogP contribution is 2.30. The average molecular weight is 420 g/mol. The molecule has 0 spiro atoms. The number of carbonyl (C=O) groups excluding carboxylic acids is 2. The molecule has 0 aliphatic rings. The third-order valence-corrected chi connectivity index (χ3v) is 3.76. The molecule has 2 aromatic rings. The van der Waals surface area contributed by atoms with Gasteiger partial charge in [0.2, 0.25) is 0 Å². The standard InChI is InChI=1S/C17H14ClF4N3O3/c1-28-15(27)16(17(20,21)22,25-24-13-7-3-5-11(18)9-13)23-14(26)10-4-2-6-12(19)8-10/h2-9,24-25H,1H3,(H,23,26)/t16-/m0/s1. The monoisotopic (exact) mass is 419 g/mol. The number of methoxy groups -OCH3 is 1. The highest BCUT2D eigenvalue weighted by atomic mass is 35.5. The first-order chi connectivity index (χ1) is 13.1. The lowest BCUT2D eigenvalue weighted by Gasteiger charge is -2.34. The fraction of sp³-hybridized carbons (Fsp3) is 0.176. The molecule has 150 valence electrons. The van der Waals surface area contributed by atoms with Crippen LogP contribution in [0, 0.1) is 5.82 Å². The maximum absolute atomic E-state index is 13.8. The number of hydrogen-bond donors (Lipinski definition) is 3. The zero-order chi connectivity index (χ0) is 20.9.